The van der Waals surface area contributed by atoms with Gasteiger partial charge in [-0.15, -0.1) is 0 Å². The molecule has 0 amide bonds. The number of halogens is 4. The van der Waals surface area contributed by atoms with Gasteiger partial charge in [-0.3, -0.25) is 0 Å². The molecular formula is C12H22ClF3O3S. The van der Waals surface area contributed by atoms with Crippen LogP contribution in [0.2, 0.25) is 0 Å². The van der Waals surface area contributed by atoms with Crippen LogP contribution >= 0.6 is 10.7 Å². The third-order valence-corrected chi connectivity index (χ3v) is 4.26. The summed E-state index contributed by atoms with van der Waals surface area (Å²) in [6.45, 7) is 3.31. The molecule has 0 fully saturated rings. The predicted octanol–water partition coefficient (Wildman–Crippen LogP) is 4.11. The van der Waals surface area contributed by atoms with Crippen LogP contribution in [0.25, 0.3) is 0 Å². The van der Waals surface area contributed by atoms with Crippen molar-refractivity contribution in [2.45, 2.75) is 52.1 Å². The normalized spacial score (nSPS) is 13.7. The predicted molar refractivity (Wildman–Crippen MR) is 73.4 cm³/mol. The van der Waals surface area contributed by atoms with Crippen LogP contribution in [0.4, 0.5) is 13.2 Å². The average molecular weight is 339 g/mol. The second kappa shape index (κ2) is 8.44. The van der Waals surface area contributed by atoms with E-state index >= 15 is 0 Å². The fourth-order valence-corrected chi connectivity index (χ4v) is 4.16. The van der Waals surface area contributed by atoms with Gasteiger partial charge in [0, 0.05) is 16.1 Å². The molecule has 0 bridgehead atoms. The Morgan fingerprint density at radius 2 is 1.55 bits per heavy atom. The van der Waals surface area contributed by atoms with E-state index in [4.69, 9.17) is 15.4 Å². The molecule has 0 aliphatic heterocycles. The number of ether oxygens (including phenoxy) is 1. The molecule has 0 aromatic heterocycles. The second-order valence-electron chi connectivity index (χ2n) is 5.10. The topological polar surface area (TPSA) is 43.4 Å². The zero-order valence-electron chi connectivity index (χ0n) is 11.8. The van der Waals surface area contributed by atoms with Gasteiger partial charge in [0.1, 0.15) is 0 Å². The third-order valence-electron chi connectivity index (χ3n) is 2.98. The van der Waals surface area contributed by atoms with Crippen molar-refractivity contribution in [2.24, 2.45) is 5.41 Å². The minimum absolute atomic E-state index is 0.0172. The molecule has 122 valence electrons. The fourth-order valence-electron chi connectivity index (χ4n) is 2.36. The van der Waals surface area contributed by atoms with Crippen molar-refractivity contribution in [3.05, 3.63) is 0 Å². The summed E-state index contributed by atoms with van der Waals surface area (Å²) < 4.78 is 63.9. The molecular weight excluding hydrogens is 317 g/mol. The number of hydrogen-bond acceptors (Lipinski definition) is 3. The maximum Gasteiger partial charge on any atom is 0.391 e. The lowest BCUT2D eigenvalue weighted by molar-refractivity contribution is -0.147. The van der Waals surface area contributed by atoms with Gasteiger partial charge in [-0.25, -0.2) is 8.42 Å². The van der Waals surface area contributed by atoms with E-state index in [1.807, 2.05) is 13.8 Å². The maximum atomic E-state index is 12.0. The van der Waals surface area contributed by atoms with Gasteiger partial charge in [0.2, 0.25) is 9.05 Å². The van der Waals surface area contributed by atoms with Gasteiger partial charge < -0.3 is 4.74 Å². The first kappa shape index (κ1) is 20.0. The lowest BCUT2D eigenvalue weighted by Crippen LogP contribution is -2.34. The molecule has 0 unspecified atom stereocenters. The summed E-state index contributed by atoms with van der Waals surface area (Å²) in [5, 5.41) is 0. The van der Waals surface area contributed by atoms with Crippen molar-refractivity contribution in [2.75, 3.05) is 19.0 Å². The molecule has 0 saturated heterocycles. The summed E-state index contributed by atoms with van der Waals surface area (Å²) in [6.07, 6.45) is -2.76. The Bertz CT molecular complexity index is 363. The molecule has 0 aromatic carbocycles. The summed E-state index contributed by atoms with van der Waals surface area (Å²) in [4.78, 5) is 0. The van der Waals surface area contributed by atoms with E-state index in [0.717, 1.165) is 12.8 Å². The van der Waals surface area contributed by atoms with Crippen LogP contribution in [-0.2, 0) is 13.8 Å². The van der Waals surface area contributed by atoms with Crippen LogP contribution in [0.15, 0.2) is 0 Å². The van der Waals surface area contributed by atoms with Gasteiger partial charge in [0.05, 0.1) is 25.4 Å². The molecule has 0 N–H and O–H groups in total. The molecule has 0 spiro atoms. The van der Waals surface area contributed by atoms with E-state index in [1.54, 1.807) is 0 Å². The molecule has 20 heavy (non-hydrogen) atoms. The molecule has 0 aliphatic carbocycles. The smallest absolute Gasteiger partial charge is 0.380 e. The number of rotatable bonds is 10. The second-order valence-corrected chi connectivity index (χ2v) is 7.88. The number of alkyl halides is 3. The summed E-state index contributed by atoms with van der Waals surface area (Å²) in [5.41, 5.74) is -0.699. The van der Waals surface area contributed by atoms with E-state index in [9.17, 15) is 21.6 Å². The monoisotopic (exact) mass is 338 g/mol. The van der Waals surface area contributed by atoms with Crippen molar-refractivity contribution >= 4 is 19.7 Å². The van der Waals surface area contributed by atoms with Crippen LogP contribution in [0, 0.1) is 5.41 Å². The van der Waals surface area contributed by atoms with Gasteiger partial charge >= 0.3 is 6.18 Å². The van der Waals surface area contributed by atoms with Crippen LogP contribution in [0.5, 0.6) is 0 Å². The highest BCUT2D eigenvalue weighted by Crippen LogP contribution is 2.33. The Morgan fingerprint density at radius 1 is 1.05 bits per heavy atom. The summed E-state index contributed by atoms with van der Waals surface area (Å²) >= 11 is 0. The third kappa shape index (κ3) is 9.83. The zero-order valence-corrected chi connectivity index (χ0v) is 13.4. The molecule has 8 heteroatoms. The molecule has 0 rings (SSSR count). The molecule has 0 saturated carbocycles. The first-order valence-electron chi connectivity index (χ1n) is 6.60. The molecule has 0 heterocycles. The van der Waals surface area contributed by atoms with Crippen LogP contribution < -0.4 is 0 Å². The minimum atomic E-state index is -4.27. The zero-order chi connectivity index (χ0) is 15.9. The van der Waals surface area contributed by atoms with Crippen molar-refractivity contribution in [1.29, 1.82) is 0 Å². The van der Waals surface area contributed by atoms with Crippen molar-refractivity contribution in [1.82, 2.24) is 0 Å². The highest BCUT2D eigenvalue weighted by atomic mass is 35.7. The lowest BCUT2D eigenvalue weighted by Gasteiger charge is -2.32. The Kier molecular flexibility index (Phi) is 8.43. The van der Waals surface area contributed by atoms with Gasteiger partial charge in [0.15, 0.2) is 0 Å². The molecule has 0 aromatic rings. The first-order chi connectivity index (χ1) is 9.04. The lowest BCUT2D eigenvalue weighted by atomic mass is 9.82. The Balaban J connectivity index is 4.66. The summed E-state index contributed by atoms with van der Waals surface area (Å²) in [7, 11) is 1.59. The van der Waals surface area contributed by atoms with E-state index in [0.29, 0.717) is 12.8 Å². The van der Waals surface area contributed by atoms with Crippen LogP contribution in [0.3, 0.4) is 0 Å². The van der Waals surface area contributed by atoms with Crippen molar-refractivity contribution < 1.29 is 26.3 Å². The van der Waals surface area contributed by atoms with E-state index in [1.165, 1.54) is 0 Å². The molecule has 0 radical (unpaired) electrons. The van der Waals surface area contributed by atoms with Gasteiger partial charge in [-0.1, -0.05) is 26.7 Å². The van der Waals surface area contributed by atoms with Crippen molar-refractivity contribution in [3.63, 3.8) is 0 Å². The summed E-state index contributed by atoms with van der Waals surface area (Å²) in [5.74, 6) is -0.269. The number of hydrogen-bond donors (Lipinski definition) is 0. The average Bonchev–Trinajstić information content (AvgIpc) is 2.21. The Labute approximate surface area is 123 Å². The Morgan fingerprint density at radius 3 is 1.90 bits per heavy atom. The van der Waals surface area contributed by atoms with Gasteiger partial charge in [-0.05, 0) is 12.8 Å². The molecule has 3 nitrogen and oxygen atoms in total. The molecule has 0 aliphatic rings. The quantitative estimate of drug-likeness (QED) is 0.444. The van der Waals surface area contributed by atoms with E-state index < -0.39 is 33.7 Å². The highest BCUT2D eigenvalue weighted by Gasteiger charge is 2.34. The SMILES string of the molecule is CCCC(CCC)(COCCC(F)(F)F)CS(=O)(=O)Cl. The van der Waals surface area contributed by atoms with Crippen LogP contribution in [0.1, 0.15) is 46.0 Å². The minimum Gasteiger partial charge on any atom is -0.380 e. The van der Waals surface area contributed by atoms with Gasteiger partial charge in [-0.2, -0.15) is 13.2 Å². The maximum absolute atomic E-state index is 12.0. The highest BCUT2D eigenvalue weighted by molar-refractivity contribution is 8.13. The van der Waals surface area contributed by atoms with E-state index in [-0.39, 0.29) is 12.4 Å². The summed E-state index contributed by atoms with van der Waals surface area (Å²) in [6, 6.07) is 0. The molecule has 0 atom stereocenters. The van der Waals surface area contributed by atoms with Gasteiger partial charge in [0.25, 0.3) is 0 Å². The van der Waals surface area contributed by atoms with Crippen LogP contribution in [-0.4, -0.2) is 33.6 Å². The Hall–Kier alpha value is -0.0100. The first-order valence-corrected chi connectivity index (χ1v) is 9.08. The standard InChI is InChI=1S/C12H22ClF3O3S/c1-3-5-11(6-4-2,10-20(13,17)18)9-19-8-7-12(14,15)16/h3-10H2,1-2H3. The largest absolute Gasteiger partial charge is 0.391 e. The van der Waals surface area contributed by atoms with E-state index in [2.05, 4.69) is 0 Å². The fraction of sp³-hybridized carbons (Fsp3) is 1.00. The van der Waals surface area contributed by atoms with Crippen molar-refractivity contribution in [3.8, 4) is 0 Å².